The van der Waals surface area contributed by atoms with Crippen LogP contribution in [-0.2, 0) is 4.79 Å². The molecule has 3 heteroatoms. The van der Waals surface area contributed by atoms with Crippen LogP contribution in [0.2, 0.25) is 0 Å². The molecule has 88 valence electrons. The minimum absolute atomic E-state index is 0.0394. The summed E-state index contributed by atoms with van der Waals surface area (Å²) in [7, 11) is 0. The zero-order chi connectivity index (χ0) is 12.1. The van der Waals surface area contributed by atoms with Gasteiger partial charge in [-0.2, -0.15) is 0 Å². The molecule has 0 fully saturated rings. The van der Waals surface area contributed by atoms with Crippen molar-refractivity contribution < 1.29 is 9.90 Å². The molecule has 0 heterocycles. The monoisotopic (exact) mass is 221 g/mol. The molecular weight excluding hydrogens is 202 g/mol. The smallest absolute Gasteiger partial charge is 0.222 e. The third-order valence-electron chi connectivity index (χ3n) is 2.51. The molecule has 0 spiro atoms. The number of carbonyl (C=O) groups is 1. The Morgan fingerprint density at radius 3 is 2.25 bits per heavy atom. The van der Waals surface area contributed by atoms with Gasteiger partial charge in [-0.3, -0.25) is 4.79 Å². The fraction of sp³-hybridized carbons (Fsp3) is 0.462. The normalized spacial score (nSPS) is 14.6. The zero-order valence-electron chi connectivity index (χ0n) is 9.97. The van der Waals surface area contributed by atoms with Crippen LogP contribution in [0.5, 0.6) is 0 Å². The summed E-state index contributed by atoms with van der Waals surface area (Å²) in [5, 5.41) is 12.8. The first-order valence-corrected chi connectivity index (χ1v) is 5.55. The lowest BCUT2D eigenvalue weighted by atomic mass is 10.0. The van der Waals surface area contributed by atoms with Crippen molar-refractivity contribution in [2.45, 2.75) is 32.9 Å². The van der Waals surface area contributed by atoms with Gasteiger partial charge in [0.25, 0.3) is 0 Å². The van der Waals surface area contributed by atoms with Crippen LogP contribution in [0.15, 0.2) is 30.3 Å². The van der Waals surface area contributed by atoms with Crippen molar-refractivity contribution >= 4 is 5.91 Å². The molecule has 0 aromatic heterocycles. The van der Waals surface area contributed by atoms with Gasteiger partial charge in [0, 0.05) is 5.92 Å². The largest absolute Gasteiger partial charge is 0.386 e. The number of amides is 1. The molecule has 1 aromatic rings. The van der Waals surface area contributed by atoms with E-state index in [1.165, 1.54) is 0 Å². The highest BCUT2D eigenvalue weighted by atomic mass is 16.3. The van der Waals surface area contributed by atoms with E-state index in [0.29, 0.717) is 0 Å². The van der Waals surface area contributed by atoms with Gasteiger partial charge in [0.15, 0.2) is 0 Å². The average Bonchev–Trinajstić information content (AvgIpc) is 2.28. The Balaban J connectivity index is 2.61. The lowest BCUT2D eigenvalue weighted by Crippen LogP contribution is -2.39. The van der Waals surface area contributed by atoms with Gasteiger partial charge in [0.2, 0.25) is 5.91 Å². The number of aliphatic hydroxyl groups excluding tert-OH is 1. The van der Waals surface area contributed by atoms with E-state index in [9.17, 15) is 9.90 Å². The first kappa shape index (κ1) is 12.7. The molecule has 0 radical (unpaired) electrons. The first-order chi connectivity index (χ1) is 7.52. The van der Waals surface area contributed by atoms with E-state index in [4.69, 9.17) is 0 Å². The summed E-state index contributed by atoms with van der Waals surface area (Å²) in [6, 6.07) is 9.06. The zero-order valence-corrected chi connectivity index (χ0v) is 9.97. The van der Waals surface area contributed by atoms with Crippen molar-refractivity contribution in [3.63, 3.8) is 0 Å². The quantitative estimate of drug-likeness (QED) is 0.815. The van der Waals surface area contributed by atoms with Gasteiger partial charge in [-0.15, -0.1) is 0 Å². The minimum Gasteiger partial charge on any atom is -0.386 e. The molecule has 0 aliphatic rings. The van der Waals surface area contributed by atoms with Gasteiger partial charge in [-0.1, -0.05) is 44.2 Å². The summed E-state index contributed by atoms with van der Waals surface area (Å²) in [5.74, 6) is -0.104. The molecule has 3 nitrogen and oxygen atoms in total. The van der Waals surface area contributed by atoms with Crippen molar-refractivity contribution in [1.29, 1.82) is 0 Å². The molecule has 0 saturated carbocycles. The number of carbonyl (C=O) groups excluding carboxylic acids is 1. The Morgan fingerprint density at radius 1 is 1.19 bits per heavy atom. The molecule has 0 saturated heterocycles. The highest BCUT2D eigenvalue weighted by molar-refractivity contribution is 5.78. The highest BCUT2D eigenvalue weighted by Crippen LogP contribution is 2.16. The Kier molecular flexibility index (Phi) is 4.50. The van der Waals surface area contributed by atoms with E-state index in [1.807, 2.05) is 44.2 Å². The molecule has 2 atom stereocenters. The molecule has 0 unspecified atom stereocenters. The van der Waals surface area contributed by atoms with E-state index in [1.54, 1.807) is 6.92 Å². The number of hydrogen-bond donors (Lipinski definition) is 2. The number of aliphatic hydroxyl groups is 1. The van der Waals surface area contributed by atoms with Crippen molar-refractivity contribution in [2.75, 3.05) is 0 Å². The maximum atomic E-state index is 11.5. The summed E-state index contributed by atoms with van der Waals surface area (Å²) < 4.78 is 0. The predicted octanol–water partition coefficient (Wildman–Crippen LogP) is 1.88. The van der Waals surface area contributed by atoms with Gasteiger partial charge in [-0.25, -0.2) is 0 Å². The van der Waals surface area contributed by atoms with E-state index in [2.05, 4.69) is 5.32 Å². The summed E-state index contributed by atoms with van der Waals surface area (Å²) in [6.07, 6.45) is -0.663. The lowest BCUT2D eigenvalue weighted by Gasteiger charge is -2.21. The van der Waals surface area contributed by atoms with Crippen molar-refractivity contribution in [3.05, 3.63) is 35.9 Å². The van der Waals surface area contributed by atoms with Gasteiger partial charge < -0.3 is 10.4 Å². The van der Waals surface area contributed by atoms with Crippen LogP contribution in [0.4, 0.5) is 0 Å². The molecule has 0 aliphatic heterocycles. The number of nitrogens with one attached hydrogen (secondary N) is 1. The van der Waals surface area contributed by atoms with Crippen LogP contribution in [-0.4, -0.2) is 17.1 Å². The van der Waals surface area contributed by atoms with Crippen molar-refractivity contribution in [1.82, 2.24) is 5.32 Å². The summed E-state index contributed by atoms with van der Waals surface area (Å²) in [4.78, 5) is 11.5. The van der Waals surface area contributed by atoms with Crippen LogP contribution in [0.3, 0.4) is 0 Å². The van der Waals surface area contributed by atoms with E-state index in [0.717, 1.165) is 5.56 Å². The van der Waals surface area contributed by atoms with Crippen LogP contribution in [0.25, 0.3) is 0 Å². The summed E-state index contributed by atoms with van der Waals surface area (Å²) >= 11 is 0. The van der Waals surface area contributed by atoms with Crippen LogP contribution < -0.4 is 5.32 Å². The molecule has 0 bridgehead atoms. The van der Waals surface area contributed by atoms with E-state index in [-0.39, 0.29) is 17.9 Å². The Bertz CT molecular complexity index is 335. The summed E-state index contributed by atoms with van der Waals surface area (Å²) in [6.45, 7) is 5.46. The summed E-state index contributed by atoms with van der Waals surface area (Å²) in [5.41, 5.74) is 0.819. The maximum absolute atomic E-state index is 11.5. The topological polar surface area (TPSA) is 49.3 Å². The van der Waals surface area contributed by atoms with Crippen molar-refractivity contribution in [3.8, 4) is 0 Å². The van der Waals surface area contributed by atoms with Gasteiger partial charge in [-0.05, 0) is 12.5 Å². The third-order valence-corrected chi connectivity index (χ3v) is 2.51. The fourth-order valence-electron chi connectivity index (χ4n) is 1.41. The third kappa shape index (κ3) is 3.35. The highest BCUT2D eigenvalue weighted by Gasteiger charge is 2.19. The van der Waals surface area contributed by atoms with E-state index < -0.39 is 6.10 Å². The molecule has 2 N–H and O–H groups in total. The average molecular weight is 221 g/mol. The number of hydrogen-bond acceptors (Lipinski definition) is 2. The number of rotatable bonds is 4. The Hall–Kier alpha value is -1.35. The molecule has 1 rings (SSSR count). The van der Waals surface area contributed by atoms with Gasteiger partial charge in [0.1, 0.15) is 0 Å². The second-order valence-corrected chi connectivity index (χ2v) is 4.31. The van der Waals surface area contributed by atoms with Crippen molar-refractivity contribution in [2.24, 2.45) is 5.92 Å². The van der Waals surface area contributed by atoms with Gasteiger partial charge in [0.05, 0.1) is 12.1 Å². The predicted molar refractivity (Wildman–Crippen MR) is 63.8 cm³/mol. The van der Waals surface area contributed by atoms with Crippen LogP contribution in [0.1, 0.15) is 32.4 Å². The first-order valence-electron chi connectivity index (χ1n) is 5.55. The molecule has 1 amide bonds. The van der Waals surface area contributed by atoms with Gasteiger partial charge >= 0.3 is 0 Å². The molecule has 16 heavy (non-hydrogen) atoms. The lowest BCUT2D eigenvalue weighted by molar-refractivity contribution is -0.125. The molecular formula is C13H19NO2. The SMILES string of the molecule is CC(C)C(=O)N[C@H](C)[C@@H](O)c1ccccc1. The molecule has 1 aromatic carbocycles. The Labute approximate surface area is 96.5 Å². The number of benzene rings is 1. The minimum atomic E-state index is -0.663. The Morgan fingerprint density at radius 2 is 1.75 bits per heavy atom. The second kappa shape index (κ2) is 5.66. The van der Waals surface area contributed by atoms with Crippen LogP contribution in [0, 0.1) is 5.92 Å². The maximum Gasteiger partial charge on any atom is 0.222 e. The standard InChI is InChI=1S/C13H19NO2/c1-9(2)13(16)14-10(3)12(15)11-7-5-4-6-8-11/h4-10,12,15H,1-3H3,(H,14,16)/t10-,12-/m1/s1. The fourth-order valence-corrected chi connectivity index (χ4v) is 1.41. The molecule has 0 aliphatic carbocycles. The second-order valence-electron chi connectivity index (χ2n) is 4.31. The van der Waals surface area contributed by atoms with Crippen LogP contribution >= 0.6 is 0 Å². The van der Waals surface area contributed by atoms with E-state index >= 15 is 0 Å².